The molecule has 2 fully saturated rings. The molecule has 5 nitrogen and oxygen atoms in total. The number of piperidine rings is 1. The van der Waals surface area contributed by atoms with Gasteiger partial charge in [-0.1, -0.05) is 28.1 Å². The third kappa shape index (κ3) is 4.86. The average molecular weight is 471 g/mol. The van der Waals surface area contributed by atoms with Crippen LogP contribution in [0.15, 0.2) is 53.0 Å². The number of halogens is 1. The highest BCUT2D eigenvalue weighted by Crippen LogP contribution is 2.32. The number of amides is 2. The molecule has 0 unspecified atom stereocenters. The van der Waals surface area contributed by atoms with E-state index in [1.807, 2.05) is 53.4 Å². The van der Waals surface area contributed by atoms with Gasteiger partial charge in [-0.15, -0.1) is 0 Å². The number of carbonyl (C=O) groups excluding carboxylic acids is 2. The Bertz CT molecular complexity index is 886. The lowest BCUT2D eigenvalue weighted by Crippen LogP contribution is -2.44. The molecule has 2 aromatic rings. The minimum absolute atomic E-state index is 0.00202. The van der Waals surface area contributed by atoms with Gasteiger partial charge in [0.15, 0.2) is 0 Å². The first kappa shape index (κ1) is 20.9. The summed E-state index contributed by atoms with van der Waals surface area (Å²) in [5.74, 6) is 1.11. The zero-order valence-electron chi connectivity index (χ0n) is 17.2. The summed E-state index contributed by atoms with van der Waals surface area (Å²) in [6.07, 6.45) is 3.63. The van der Waals surface area contributed by atoms with E-state index in [9.17, 15) is 9.59 Å². The summed E-state index contributed by atoms with van der Waals surface area (Å²) >= 11 is 3.40. The maximum Gasteiger partial charge on any atom is 0.253 e. The van der Waals surface area contributed by atoms with Crippen LogP contribution in [-0.4, -0.2) is 47.9 Å². The van der Waals surface area contributed by atoms with E-state index in [2.05, 4.69) is 20.8 Å². The number of likely N-dealkylation sites (tertiary alicyclic amines) is 1. The van der Waals surface area contributed by atoms with Crippen molar-refractivity contribution in [2.45, 2.75) is 38.3 Å². The lowest BCUT2D eigenvalue weighted by atomic mass is 9.94. The van der Waals surface area contributed by atoms with Gasteiger partial charge in [0.2, 0.25) is 5.91 Å². The van der Waals surface area contributed by atoms with Crippen LogP contribution < -0.4 is 4.74 Å². The van der Waals surface area contributed by atoms with Crippen LogP contribution in [0.3, 0.4) is 0 Å². The molecular formula is C24H27BrN2O3. The van der Waals surface area contributed by atoms with E-state index in [1.165, 1.54) is 0 Å². The van der Waals surface area contributed by atoms with Crippen LogP contribution in [-0.2, 0) is 11.3 Å². The molecule has 0 atom stereocenters. The first-order valence-electron chi connectivity index (χ1n) is 10.5. The number of methoxy groups -OCH3 is 1. The van der Waals surface area contributed by atoms with Crippen LogP contribution in [0.1, 0.15) is 41.6 Å². The van der Waals surface area contributed by atoms with Crippen molar-refractivity contribution in [3.8, 4) is 5.75 Å². The van der Waals surface area contributed by atoms with Crippen LogP contribution in [0, 0.1) is 5.92 Å². The van der Waals surface area contributed by atoms with Crippen LogP contribution in [0.4, 0.5) is 0 Å². The molecule has 2 amide bonds. The van der Waals surface area contributed by atoms with Crippen molar-refractivity contribution in [3.05, 3.63) is 64.1 Å². The van der Waals surface area contributed by atoms with Crippen LogP contribution in [0.2, 0.25) is 0 Å². The Morgan fingerprint density at radius 1 is 1.00 bits per heavy atom. The van der Waals surface area contributed by atoms with E-state index in [1.54, 1.807) is 7.11 Å². The zero-order valence-corrected chi connectivity index (χ0v) is 18.8. The van der Waals surface area contributed by atoms with Crippen molar-refractivity contribution in [1.82, 2.24) is 9.80 Å². The molecule has 2 aliphatic rings. The van der Waals surface area contributed by atoms with Gasteiger partial charge in [-0.2, -0.15) is 0 Å². The Morgan fingerprint density at radius 3 is 2.20 bits per heavy atom. The molecule has 1 saturated heterocycles. The van der Waals surface area contributed by atoms with Gasteiger partial charge in [0.25, 0.3) is 5.91 Å². The van der Waals surface area contributed by atoms with Crippen molar-refractivity contribution in [2.24, 2.45) is 5.92 Å². The lowest BCUT2D eigenvalue weighted by Gasteiger charge is -2.34. The van der Waals surface area contributed by atoms with Gasteiger partial charge in [-0.25, -0.2) is 0 Å². The fourth-order valence-electron chi connectivity index (χ4n) is 4.04. The first-order valence-corrected chi connectivity index (χ1v) is 11.3. The lowest BCUT2D eigenvalue weighted by molar-refractivity contribution is -0.138. The SMILES string of the molecule is COc1ccc(CN(C(=O)C2CCN(C(=O)c3ccc(Br)cc3)CC2)C2CC2)cc1. The predicted molar refractivity (Wildman–Crippen MR) is 119 cm³/mol. The molecule has 0 bridgehead atoms. The molecule has 1 aliphatic carbocycles. The Balaban J connectivity index is 1.36. The molecule has 0 radical (unpaired) electrons. The molecular weight excluding hydrogens is 444 g/mol. The van der Waals surface area contributed by atoms with E-state index in [0.717, 1.165) is 41.5 Å². The second-order valence-corrected chi connectivity index (χ2v) is 9.03. The van der Waals surface area contributed by atoms with Crippen molar-refractivity contribution >= 4 is 27.7 Å². The Kier molecular flexibility index (Phi) is 6.42. The molecule has 2 aromatic carbocycles. The van der Waals surface area contributed by atoms with Crippen molar-refractivity contribution in [3.63, 3.8) is 0 Å². The highest BCUT2D eigenvalue weighted by atomic mass is 79.9. The summed E-state index contributed by atoms with van der Waals surface area (Å²) in [7, 11) is 1.66. The molecule has 0 aromatic heterocycles. The Labute approximate surface area is 186 Å². The van der Waals surface area contributed by atoms with Crippen LogP contribution in [0.5, 0.6) is 5.75 Å². The Morgan fingerprint density at radius 2 is 1.63 bits per heavy atom. The maximum atomic E-state index is 13.3. The molecule has 158 valence electrons. The van der Waals surface area contributed by atoms with Gasteiger partial charge < -0.3 is 14.5 Å². The number of rotatable bonds is 6. The van der Waals surface area contributed by atoms with Gasteiger partial charge in [-0.3, -0.25) is 9.59 Å². The second-order valence-electron chi connectivity index (χ2n) is 8.12. The van der Waals surface area contributed by atoms with Gasteiger partial charge >= 0.3 is 0 Å². The molecule has 30 heavy (non-hydrogen) atoms. The summed E-state index contributed by atoms with van der Waals surface area (Å²) in [4.78, 5) is 29.9. The number of nitrogens with zero attached hydrogens (tertiary/aromatic N) is 2. The number of hydrogen-bond acceptors (Lipinski definition) is 3. The van der Waals surface area contributed by atoms with Gasteiger partial charge in [-0.05, 0) is 67.6 Å². The molecule has 0 N–H and O–H groups in total. The van der Waals surface area contributed by atoms with Gasteiger partial charge in [0, 0.05) is 41.6 Å². The summed E-state index contributed by atoms with van der Waals surface area (Å²) in [6, 6.07) is 15.8. The summed E-state index contributed by atoms with van der Waals surface area (Å²) < 4.78 is 6.19. The fourth-order valence-corrected chi connectivity index (χ4v) is 4.30. The normalized spacial score (nSPS) is 16.9. The largest absolute Gasteiger partial charge is 0.497 e. The monoisotopic (exact) mass is 470 g/mol. The van der Waals surface area contributed by atoms with E-state index < -0.39 is 0 Å². The molecule has 4 rings (SSSR count). The third-order valence-corrected chi connectivity index (χ3v) is 6.53. The molecule has 1 saturated carbocycles. The molecule has 6 heteroatoms. The summed E-state index contributed by atoms with van der Waals surface area (Å²) in [5, 5.41) is 0. The minimum atomic E-state index is -0.00202. The Hall–Kier alpha value is -2.34. The van der Waals surface area contributed by atoms with Crippen LogP contribution in [0.25, 0.3) is 0 Å². The van der Waals surface area contributed by atoms with E-state index in [0.29, 0.717) is 31.2 Å². The van der Waals surface area contributed by atoms with Crippen molar-refractivity contribution in [1.29, 1.82) is 0 Å². The van der Waals surface area contributed by atoms with Gasteiger partial charge in [0.1, 0.15) is 5.75 Å². The van der Waals surface area contributed by atoms with E-state index in [-0.39, 0.29) is 17.7 Å². The second kappa shape index (κ2) is 9.21. The summed E-state index contributed by atoms with van der Waals surface area (Å²) in [6.45, 7) is 1.91. The molecule has 1 heterocycles. The van der Waals surface area contributed by atoms with Crippen molar-refractivity contribution in [2.75, 3.05) is 20.2 Å². The number of ether oxygens (including phenoxy) is 1. The fraction of sp³-hybridized carbons (Fsp3) is 0.417. The molecule has 1 aliphatic heterocycles. The molecule has 0 spiro atoms. The number of benzene rings is 2. The average Bonchev–Trinajstić information content (AvgIpc) is 3.63. The quantitative estimate of drug-likeness (QED) is 0.624. The third-order valence-electron chi connectivity index (χ3n) is 6.01. The predicted octanol–water partition coefficient (Wildman–Crippen LogP) is 4.50. The standard InChI is InChI=1S/C24H27BrN2O3/c1-30-22-10-2-17(3-11-22)16-27(21-8-9-21)24(29)19-12-14-26(15-13-19)23(28)18-4-6-20(25)7-5-18/h2-7,10-11,19,21H,8-9,12-16H2,1H3. The number of hydrogen-bond donors (Lipinski definition) is 0. The van der Waals surface area contributed by atoms with Crippen molar-refractivity contribution < 1.29 is 14.3 Å². The summed E-state index contributed by atoms with van der Waals surface area (Å²) in [5.41, 5.74) is 1.82. The topological polar surface area (TPSA) is 49.9 Å². The highest BCUT2D eigenvalue weighted by Gasteiger charge is 2.37. The van der Waals surface area contributed by atoms with E-state index >= 15 is 0 Å². The maximum absolute atomic E-state index is 13.3. The first-order chi connectivity index (χ1) is 14.5. The van der Waals surface area contributed by atoms with Crippen LogP contribution >= 0.6 is 15.9 Å². The van der Waals surface area contributed by atoms with E-state index in [4.69, 9.17) is 4.74 Å². The minimum Gasteiger partial charge on any atom is -0.497 e. The zero-order chi connectivity index (χ0) is 21.1. The smallest absolute Gasteiger partial charge is 0.253 e. The van der Waals surface area contributed by atoms with Gasteiger partial charge in [0.05, 0.1) is 7.11 Å². The highest BCUT2D eigenvalue weighted by molar-refractivity contribution is 9.10. The number of carbonyl (C=O) groups is 2.